The Bertz CT molecular complexity index is 1120. The van der Waals surface area contributed by atoms with Crippen molar-refractivity contribution >= 4 is 22.9 Å². The summed E-state index contributed by atoms with van der Waals surface area (Å²) in [5, 5.41) is 11.4. The average Bonchev–Trinajstić information content (AvgIpc) is 3.42. The van der Waals surface area contributed by atoms with Crippen molar-refractivity contribution < 1.29 is 4.79 Å². The smallest absolute Gasteiger partial charge is 0.273 e. The van der Waals surface area contributed by atoms with E-state index in [1.54, 1.807) is 0 Å². The SMILES string of the molecule is O=C(c1csc(-c2ccccc2)n1)N1CCC[C@@H](c2nnc3ccccn23)C1. The van der Waals surface area contributed by atoms with Crippen LogP contribution in [-0.2, 0) is 0 Å². The van der Waals surface area contributed by atoms with Crippen LogP contribution in [0.3, 0.4) is 0 Å². The third-order valence-corrected chi connectivity index (χ3v) is 6.05. The summed E-state index contributed by atoms with van der Waals surface area (Å²) in [5.74, 6) is 1.11. The van der Waals surface area contributed by atoms with Crippen LogP contribution in [0, 0.1) is 0 Å². The molecule has 3 aromatic heterocycles. The molecule has 0 bridgehead atoms. The van der Waals surface area contributed by atoms with Crippen LogP contribution in [0.25, 0.3) is 16.2 Å². The number of carbonyl (C=O) groups excluding carboxylic acids is 1. The Balaban J connectivity index is 1.36. The number of amides is 1. The van der Waals surface area contributed by atoms with Crippen LogP contribution in [0.5, 0.6) is 0 Å². The van der Waals surface area contributed by atoms with Gasteiger partial charge in [-0.3, -0.25) is 9.20 Å². The Hall–Kier alpha value is -3.06. The van der Waals surface area contributed by atoms with Gasteiger partial charge in [0.05, 0.1) is 0 Å². The van der Waals surface area contributed by atoms with Gasteiger partial charge in [0.25, 0.3) is 5.91 Å². The van der Waals surface area contributed by atoms with E-state index in [9.17, 15) is 4.79 Å². The molecule has 4 aromatic rings. The fourth-order valence-electron chi connectivity index (χ4n) is 3.76. The van der Waals surface area contributed by atoms with Crippen LogP contribution in [0.15, 0.2) is 60.1 Å². The van der Waals surface area contributed by atoms with Gasteiger partial charge in [-0.2, -0.15) is 0 Å². The number of aromatic nitrogens is 4. The van der Waals surface area contributed by atoms with Crippen LogP contribution in [0.2, 0.25) is 0 Å². The lowest BCUT2D eigenvalue weighted by Crippen LogP contribution is -2.39. The van der Waals surface area contributed by atoms with E-state index in [0.717, 1.165) is 41.4 Å². The molecule has 1 aliphatic rings. The molecule has 1 saturated heterocycles. The molecule has 0 unspecified atom stereocenters. The van der Waals surface area contributed by atoms with E-state index in [0.29, 0.717) is 12.2 Å². The zero-order chi connectivity index (χ0) is 18.9. The van der Waals surface area contributed by atoms with Gasteiger partial charge >= 0.3 is 0 Å². The Morgan fingerprint density at radius 2 is 1.93 bits per heavy atom. The summed E-state index contributed by atoms with van der Waals surface area (Å²) in [4.78, 5) is 19.5. The number of thiazole rings is 1. The molecule has 0 aliphatic carbocycles. The first kappa shape index (κ1) is 17.1. The third-order valence-electron chi connectivity index (χ3n) is 5.16. The minimum atomic E-state index is -0.00282. The third kappa shape index (κ3) is 3.07. The van der Waals surface area contributed by atoms with Crippen LogP contribution < -0.4 is 0 Å². The molecule has 140 valence electrons. The molecule has 4 heterocycles. The number of pyridine rings is 1. The van der Waals surface area contributed by atoms with E-state index >= 15 is 0 Å². The summed E-state index contributed by atoms with van der Waals surface area (Å²) in [6.45, 7) is 1.40. The zero-order valence-corrected chi connectivity index (χ0v) is 16.0. The van der Waals surface area contributed by atoms with Gasteiger partial charge in [0.15, 0.2) is 5.65 Å². The number of rotatable bonds is 3. The normalized spacial score (nSPS) is 17.1. The molecular formula is C21H19N5OS. The molecule has 5 rings (SSSR count). The number of benzene rings is 1. The van der Waals surface area contributed by atoms with E-state index in [-0.39, 0.29) is 11.8 Å². The van der Waals surface area contributed by atoms with Crippen molar-refractivity contribution in [3.8, 4) is 10.6 Å². The first-order valence-corrected chi connectivity index (χ1v) is 10.3. The second kappa shape index (κ2) is 7.16. The number of fused-ring (bicyclic) bond motifs is 1. The van der Waals surface area contributed by atoms with Gasteiger partial charge in [-0.1, -0.05) is 36.4 Å². The van der Waals surface area contributed by atoms with Crippen molar-refractivity contribution in [2.75, 3.05) is 13.1 Å². The number of hydrogen-bond acceptors (Lipinski definition) is 5. The summed E-state index contributed by atoms with van der Waals surface area (Å²) in [6.07, 6.45) is 3.94. The molecule has 1 fully saturated rings. The molecule has 0 saturated carbocycles. The molecule has 1 aliphatic heterocycles. The topological polar surface area (TPSA) is 63.4 Å². The predicted molar refractivity (Wildman–Crippen MR) is 108 cm³/mol. The lowest BCUT2D eigenvalue weighted by Gasteiger charge is -2.31. The van der Waals surface area contributed by atoms with Crippen molar-refractivity contribution in [1.82, 2.24) is 24.5 Å². The van der Waals surface area contributed by atoms with Crippen molar-refractivity contribution in [1.29, 1.82) is 0 Å². The van der Waals surface area contributed by atoms with Gasteiger partial charge < -0.3 is 4.90 Å². The summed E-state index contributed by atoms with van der Waals surface area (Å²) in [6, 6.07) is 15.9. The summed E-state index contributed by atoms with van der Waals surface area (Å²) in [7, 11) is 0. The molecular weight excluding hydrogens is 370 g/mol. The van der Waals surface area contributed by atoms with Gasteiger partial charge in [0, 0.05) is 36.1 Å². The van der Waals surface area contributed by atoms with E-state index in [1.807, 2.05) is 69.4 Å². The van der Waals surface area contributed by atoms with Crippen molar-refractivity contribution in [2.24, 2.45) is 0 Å². The van der Waals surface area contributed by atoms with Gasteiger partial charge in [-0.15, -0.1) is 21.5 Å². The largest absolute Gasteiger partial charge is 0.337 e. The first-order chi connectivity index (χ1) is 13.8. The highest BCUT2D eigenvalue weighted by molar-refractivity contribution is 7.13. The second-order valence-corrected chi connectivity index (χ2v) is 7.84. The highest BCUT2D eigenvalue weighted by Gasteiger charge is 2.29. The fraction of sp³-hybridized carbons (Fsp3) is 0.238. The molecule has 1 aromatic carbocycles. The molecule has 1 amide bonds. The zero-order valence-electron chi connectivity index (χ0n) is 15.2. The Morgan fingerprint density at radius 3 is 2.82 bits per heavy atom. The van der Waals surface area contributed by atoms with E-state index in [1.165, 1.54) is 11.3 Å². The van der Waals surface area contributed by atoms with Gasteiger partial charge in [-0.25, -0.2) is 4.98 Å². The number of piperidine rings is 1. The van der Waals surface area contributed by atoms with Gasteiger partial charge in [0.1, 0.15) is 16.5 Å². The van der Waals surface area contributed by atoms with E-state index in [4.69, 9.17) is 0 Å². The highest BCUT2D eigenvalue weighted by Crippen LogP contribution is 2.28. The fourth-order valence-corrected chi connectivity index (χ4v) is 4.56. The number of likely N-dealkylation sites (tertiary alicyclic amines) is 1. The van der Waals surface area contributed by atoms with E-state index < -0.39 is 0 Å². The molecule has 0 spiro atoms. The lowest BCUT2D eigenvalue weighted by molar-refractivity contribution is 0.0699. The van der Waals surface area contributed by atoms with E-state index in [2.05, 4.69) is 15.2 Å². The Labute approximate surface area is 166 Å². The van der Waals surface area contributed by atoms with Crippen molar-refractivity contribution in [3.05, 3.63) is 71.6 Å². The standard InChI is InChI=1S/C21H19N5OS/c27-21(17-14-28-20(22-17)15-7-2-1-3-8-15)25-11-6-9-16(13-25)19-24-23-18-10-4-5-12-26(18)19/h1-5,7-8,10,12,14,16H,6,9,11,13H2/t16-/m1/s1. The average molecular weight is 389 g/mol. The maximum absolute atomic E-state index is 13.1. The number of nitrogens with zero attached hydrogens (tertiary/aromatic N) is 5. The maximum atomic E-state index is 13.1. The molecule has 0 radical (unpaired) electrons. The lowest BCUT2D eigenvalue weighted by atomic mass is 9.97. The molecule has 0 N–H and O–H groups in total. The van der Waals surface area contributed by atoms with Crippen LogP contribution in [0.1, 0.15) is 35.1 Å². The predicted octanol–water partition coefficient (Wildman–Crippen LogP) is 3.87. The van der Waals surface area contributed by atoms with Crippen LogP contribution in [0.4, 0.5) is 0 Å². The van der Waals surface area contributed by atoms with Gasteiger partial charge in [-0.05, 0) is 25.0 Å². The molecule has 7 heteroatoms. The summed E-state index contributed by atoms with van der Waals surface area (Å²) < 4.78 is 2.02. The highest BCUT2D eigenvalue weighted by atomic mass is 32.1. The maximum Gasteiger partial charge on any atom is 0.273 e. The van der Waals surface area contributed by atoms with Crippen LogP contribution in [-0.4, -0.2) is 43.5 Å². The summed E-state index contributed by atoms with van der Waals surface area (Å²) in [5.41, 5.74) is 2.40. The minimum absolute atomic E-state index is 0.00282. The second-order valence-electron chi connectivity index (χ2n) is 6.98. The quantitative estimate of drug-likeness (QED) is 0.534. The summed E-state index contributed by atoms with van der Waals surface area (Å²) >= 11 is 1.51. The van der Waals surface area contributed by atoms with Crippen LogP contribution >= 0.6 is 11.3 Å². The Kier molecular flexibility index (Phi) is 4.37. The monoisotopic (exact) mass is 389 g/mol. The molecule has 6 nitrogen and oxygen atoms in total. The molecule has 1 atom stereocenters. The number of hydrogen-bond donors (Lipinski definition) is 0. The van der Waals surface area contributed by atoms with Gasteiger partial charge in [0.2, 0.25) is 0 Å². The number of carbonyl (C=O) groups is 1. The van der Waals surface area contributed by atoms with Crippen molar-refractivity contribution in [3.63, 3.8) is 0 Å². The van der Waals surface area contributed by atoms with Crippen molar-refractivity contribution in [2.45, 2.75) is 18.8 Å². The Morgan fingerprint density at radius 1 is 1.07 bits per heavy atom. The first-order valence-electron chi connectivity index (χ1n) is 9.39. The molecule has 28 heavy (non-hydrogen) atoms. The minimum Gasteiger partial charge on any atom is -0.337 e.